The van der Waals surface area contributed by atoms with Gasteiger partial charge in [0.05, 0.1) is 4.90 Å². The van der Waals surface area contributed by atoms with Gasteiger partial charge in [0.15, 0.2) is 9.84 Å². The van der Waals surface area contributed by atoms with Gasteiger partial charge < -0.3 is 10.6 Å². The van der Waals surface area contributed by atoms with Crippen LogP contribution in [0.5, 0.6) is 0 Å². The molecule has 0 unspecified atom stereocenters. The first-order valence-corrected chi connectivity index (χ1v) is 7.65. The van der Waals surface area contributed by atoms with Crippen molar-refractivity contribution in [1.29, 1.82) is 0 Å². The highest BCUT2D eigenvalue weighted by Crippen LogP contribution is 2.17. The molecule has 0 aliphatic rings. The number of aromatic nitrogens is 3. The van der Waals surface area contributed by atoms with Gasteiger partial charge in [-0.2, -0.15) is 0 Å². The van der Waals surface area contributed by atoms with Crippen LogP contribution < -0.4 is 10.6 Å². The average molecular weight is 284 g/mol. The van der Waals surface area contributed by atoms with Crippen LogP contribution in [0.1, 0.15) is 19.8 Å². The lowest BCUT2D eigenvalue weighted by atomic mass is 10.3. The summed E-state index contributed by atoms with van der Waals surface area (Å²) >= 11 is 0. The zero-order valence-electron chi connectivity index (χ0n) is 10.6. The summed E-state index contributed by atoms with van der Waals surface area (Å²) in [4.78, 5) is 6.81. The van der Waals surface area contributed by atoms with Gasteiger partial charge in [0, 0.05) is 0 Å². The van der Waals surface area contributed by atoms with Crippen LogP contribution in [0.4, 0.5) is 0 Å². The highest BCUT2D eigenvalue weighted by atomic mass is 32.2. The Hall–Kier alpha value is -1.67. The number of unbranched alkanes of at least 4 members (excludes halogenated alkanes) is 1. The Morgan fingerprint density at radius 1 is 1.42 bits per heavy atom. The minimum Gasteiger partial charge on any atom is -0.395 e. The molecule has 0 spiro atoms. The standard InChI is InChI=1S/C11H16N4O3S/c1-2-3-6-18-15-11-7-9(19(16,17)8-12)4-5-10(11)13-14-15/h4-5,7H,2-3,6,8,12H2,1H3. The monoisotopic (exact) mass is 284 g/mol. The van der Waals surface area contributed by atoms with E-state index in [0.29, 0.717) is 17.6 Å². The summed E-state index contributed by atoms with van der Waals surface area (Å²) in [7, 11) is -3.46. The number of fused-ring (bicyclic) bond motifs is 1. The normalized spacial score (nSPS) is 11.9. The van der Waals surface area contributed by atoms with E-state index in [1.54, 1.807) is 6.07 Å². The first kappa shape index (κ1) is 13.8. The maximum atomic E-state index is 11.7. The van der Waals surface area contributed by atoms with Crippen molar-refractivity contribution in [3.8, 4) is 0 Å². The summed E-state index contributed by atoms with van der Waals surface area (Å²) in [6.45, 7) is 2.55. The highest BCUT2D eigenvalue weighted by molar-refractivity contribution is 7.91. The van der Waals surface area contributed by atoms with Crippen LogP contribution in [0.15, 0.2) is 23.1 Å². The molecule has 0 amide bonds. The van der Waals surface area contributed by atoms with Crippen molar-refractivity contribution in [3.63, 3.8) is 0 Å². The van der Waals surface area contributed by atoms with E-state index in [4.69, 9.17) is 10.6 Å². The van der Waals surface area contributed by atoms with Crippen molar-refractivity contribution in [2.24, 2.45) is 5.73 Å². The third kappa shape index (κ3) is 2.85. The van der Waals surface area contributed by atoms with E-state index in [0.717, 1.165) is 12.8 Å². The summed E-state index contributed by atoms with van der Waals surface area (Å²) < 4.78 is 23.4. The molecule has 0 aliphatic carbocycles. The Morgan fingerprint density at radius 3 is 2.89 bits per heavy atom. The second-order valence-corrected chi connectivity index (χ2v) is 6.12. The second kappa shape index (κ2) is 5.54. The summed E-state index contributed by atoms with van der Waals surface area (Å²) in [6, 6.07) is 4.53. The summed E-state index contributed by atoms with van der Waals surface area (Å²) in [5, 5.41) is 7.74. The molecule has 2 N–H and O–H groups in total. The zero-order valence-corrected chi connectivity index (χ0v) is 11.4. The van der Waals surface area contributed by atoms with Gasteiger partial charge in [-0.3, -0.25) is 0 Å². The molecule has 1 aromatic carbocycles. The van der Waals surface area contributed by atoms with Crippen molar-refractivity contribution in [1.82, 2.24) is 15.2 Å². The van der Waals surface area contributed by atoms with E-state index in [1.165, 1.54) is 17.0 Å². The molecule has 1 aromatic heterocycles. The maximum absolute atomic E-state index is 11.7. The topological polar surface area (TPSA) is 100 Å². The second-order valence-electron chi connectivity index (χ2n) is 4.08. The van der Waals surface area contributed by atoms with Crippen molar-refractivity contribution in [2.75, 3.05) is 12.5 Å². The molecule has 104 valence electrons. The Balaban J connectivity index is 2.37. The number of nitrogens with two attached hydrogens (primary N) is 1. The van der Waals surface area contributed by atoms with Gasteiger partial charge in [0.1, 0.15) is 23.5 Å². The molecule has 1 heterocycles. The van der Waals surface area contributed by atoms with Crippen LogP contribution >= 0.6 is 0 Å². The van der Waals surface area contributed by atoms with E-state index in [2.05, 4.69) is 17.2 Å². The predicted octanol–water partition coefficient (Wildman–Crippen LogP) is 0.350. The number of sulfone groups is 1. The molecular formula is C11H16N4O3S. The van der Waals surface area contributed by atoms with Crippen molar-refractivity contribution in [2.45, 2.75) is 24.7 Å². The Kier molecular flexibility index (Phi) is 4.01. The quantitative estimate of drug-likeness (QED) is 0.768. The first-order chi connectivity index (χ1) is 9.08. The van der Waals surface area contributed by atoms with E-state index in [1.807, 2.05) is 0 Å². The molecule has 0 aliphatic heterocycles. The molecule has 0 saturated carbocycles. The maximum Gasteiger partial charge on any atom is 0.191 e. The van der Waals surface area contributed by atoms with Gasteiger partial charge in [-0.15, -0.1) is 5.10 Å². The molecule has 0 radical (unpaired) electrons. The lowest BCUT2D eigenvalue weighted by molar-refractivity contribution is 0.0852. The fourth-order valence-corrected chi connectivity index (χ4v) is 2.32. The van der Waals surface area contributed by atoms with Gasteiger partial charge in [-0.1, -0.05) is 18.2 Å². The molecule has 8 heteroatoms. The number of rotatable bonds is 6. The number of hydrogen-bond donors (Lipinski definition) is 1. The predicted molar refractivity (Wildman–Crippen MR) is 70.1 cm³/mol. The van der Waals surface area contributed by atoms with Gasteiger partial charge >= 0.3 is 0 Å². The van der Waals surface area contributed by atoms with Crippen LogP contribution in [-0.4, -0.2) is 36.1 Å². The van der Waals surface area contributed by atoms with Gasteiger partial charge in [-0.25, -0.2) is 8.42 Å². The van der Waals surface area contributed by atoms with E-state index in [9.17, 15) is 8.42 Å². The molecule has 0 bridgehead atoms. The Morgan fingerprint density at radius 2 is 2.21 bits per heavy atom. The van der Waals surface area contributed by atoms with Crippen LogP contribution in [-0.2, 0) is 9.84 Å². The molecular weight excluding hydrogens is 268 g/mol. The summed E-state index contributed by atoms with van der Waals surface area (Å²) in [6.07, 6.45) is 1.89. The molecule has 0 atom stereocenters. The first-order valence-electron chi connectivity index (χ1n) is 6.00. The van der Waals surface area contributed by atoms with E-state index < -0.39 is 15.7 Å². The average Bonchev–Trinajstić information content (AvgIpc) is 2.82. The number of benzene rings is 1. The third-order valence-corrected chi connectivity index (χ3v) is 4.09. The van der Waals surface area contributed by atoms with Crippen molar-refractivity contribution >= 4 is 20.9 Å². The molecule has 2 aromatic rings. The minimum atomic E-state index is -3.46. The van der Waals surface area contributed by atoms with Crippen molar-refractivity contribution < 1.29 is 13.3 Å². The molecule has 19 heavy (non-hydrogen) atoms. The van der Waals surface area contributed by atoms with Crippen LogP contribution in [0, 0.1) is 0 Å². The van der Waals surface area contributed by atoms with Crippen LogP contribution in [0.3, 0.4) is 0 Å². The zero-order chi connectivity index (χ0) is 13.9. The van der Waals surface area contributed by atoms with Crippen LogP contribution in [0.2, 0.25) is 0 Å². The van der Waals surface area contributed by atoms with E-state index >= 15 is 0 Å². The molecule has 0 fully saturated rings. The Labute approximate surface area is 111 Å². The smallest absolute Gasteiger partial charge is 0.191 e. The fourth-order valence-electron chi connectivity index (χ4n) is 1.56. The van der Waals surface area contributed by atoms with Gasteiger partial charge in [0.2, 0.25) is 0 Å². The SMILES string of the molecule is CCCCOn1nnc2ccc(S(=O)(=O)CN)cc21. The van der Waals surface area contributed by atoms with Crippen molar-refractivity contribution in [3.05, 3.63) is 18.2 Å². The molecule has 0 saturated heterocycles. The molecule has 2 rings (SSSR count). The highest BCUT2D eigenvalue weighted by Gasteiger charge is 2.15. The lowest BCUT2D eigenvalue weighted by Gasteiger charge is -2.05. The van der Waals surface area contributed by atoms with Crippen LogP contribution in [0.25, 0.3) is 11.0 Å². The lowest BCUT2D eigenvalue weighted by Crippen LogP contribution is -2.16. The summed E-state index contributed by atoms with van der Waals surface area (Å²) in [5.74, 6) is -0.434. The largest absolute Gasteiger partial charge is 0.395 e. The van der Waals surface area contributed by atoms with Gasteiger partial charge in [-0.05, 0) is 29.8 Å². The number of nitrogens with zero attached hydrogens (tertiary/aromatic N) is 3. The third-order valence-electron chi connectivity index (χ3n) is 2.68. The number of hydrogen-bond acceptors (Lipinski definition) is 6. The Bertz CT molecular complexity index is 666. The summed E-state index contributed by atoms with van der Waals surface area (Å²) in [5.41, 5.74) is 6.33. The van der Waals surface area contributed by atoms with E-state index in [-0.39, 0.29) is 4.90 Å². The van der Waals surface area contributed by atoms with Gasteiger partial charge in [0.25, 0.3) is 0 Å². The minimum absolute atomic E-state index is 0.144. The molecule has 7 nitrogen and oxygen atoms in total. The fraction of sp³-hybridized carbons (Fsp3) is 0.455.